The number of amides is 1. The monoisotopic (exact) mass is 265 g/mol. The summed E-state index contributed by atoms with van der Waals surface area (Å²) < 4.78 is 1.76. The van der Waals surface area contributed by atoms with Gasteiger partial charge >= 0.3 is 0 Å². The average Bonchev–Trinajstić information content (AvgIpc) is 2.74. The molecule has 2 atom stereocenters. The number of likely N-dealkylation sites (tertiary alicyclic amines) is 1. The van der Waals surface area contributed by atoms with E-state index >= 15 is 0 Å². The summed E-state index contributed by atoms with van der Waals surface area (Å²) in [5.74, 6) is 0.526. The Bertz CT molecular complexity index is 467. The van der Waals surface area contributed by atoms with E-state index in [2.05, 4.69) is 18.9 Å². The van der Waals surface area contributed by atoms with Gasteiger partial charge in [0.1, 0.15) is 0 Å². The third kappa shape index (κ3) is 2.81. The Morgan fingerprint density at radius 3 is 2.74 bits per heavy atom. The molecular formula is C14H23N3O2. The first kappa shape index (κ1) is 14.1. The number of aliphatic hydroxyl groups is 1. The molecule has 19 heavy (non-hydrogen) atoms. The zero-order valence-electron chi connectivity index (χ0n) is 12.1. The van der Waals surface area contributed by atoms with Crippen molar-refractivity contribution >= 4 is 5.91 Å². The maximum absolute atomic E-state index is 12.4. The number of carbonyl (C=O) groups is 1. The van der Waals surface area contributed by atoms with Crippen LogP contribution in [0.4, 0.5) is 0 Å². The summed E-state index contributed by atoms with van der Waals surface area (Å²) in [6, 6.07) is 1.86. The van der Waals surface area contributed by atoms with E-state index in [1.54, 1.807) is 9.58 Å². The molecule has 1 aromatic heterocycles. The first-order valence-corrected chi connectivity index (χ1v) is 6.91. The quantitative estimate of drug-likeness (QED) is 0.879. The second kappa shape index (κ2) is 5.33. The molecule has 0 spiro atoms. The second-order valence-corrected chi connectivity index (χ2v) is 5.82. The van der Waals surface area contributed by atoms with Crippen LogP contribution >= 0.6 is 0 Å². The highest BCUT2D eigenvalue weighted by Crippen LogP contribution is 2.20. The maximum atomic E-state index is 12.4. The topological polar surface area (TPSA) is 58.4 Å². The Kier molecular flexibility index (Phi) is 3.94. The third-order valence-corrected chi connectivity index (χ3v) is 3.93. The number of aromatic nitrogens is 2. The van der Waals surface area contributed by atoms with Gasteiger partial charge in [-0.15, -0.1) is 0 Å². The molecule has 0 bridgehead atoms. The maximum Gasteiger partial charge on any atom is 0.274 e. The molecule has 0 radical (unpaired) electrons. The van der Waals surface area contributed by atoms with Gasteiger partial charge < -0.3 is 10.0 Å². The van der Waals surface area contributed by atoms with E-state index in [-0.39, 0.29) is 11.8 Å². The Morgan fingerprint density at radius 2 is 2.21 bits per heavy atom. The second-order valence-electron chi connectivity index (χ2n) is 5.82. The number of aryl methyl sites for hydroxylation is 1. The van der Waals surface area contributed by atoms with Crippen LogP contribution in [0.2, 0.25) is 0 Å². The fourth-order valence-electron chi connectivity index (χ4n) is 2.52. The Balaban J connectivity index is 2.14. The van der Waals surface area contributed by atoms with Crippen molar-refractivity contribution in [2.75, 3.05) is 13.1 Å². The van der Waals surface area contributed by atoms with Crippen LogP contribution in [0.1, 0.15) is 49.3 Å². The van der Waals surface area contributed by atoms with E-state index in [4.69, 9.17) is 0 Å². The van der Waals surface area contributed by atoms with Crippen molar-refractivity contribution in [3.05, 3.63) is 17.5 Å². The van der Waals surface area contributed by atoms with E-state index in [1.807, 2.05) is 20.0 Å². The lowest BCUT2D eigenvalue weighted by Crippen LogP contribution is -2.45. The molecule has 0 aliphatic carbocycles. The lowest BCUT2D eigenvalue weighted by atomic mass is 9.96. The first-order valence-electron chi connectivity index (χ1n) is 6.91. The fourth-order valence-corrected chi connectivity index (χ4v) is 2.52. The van der Waals surface area contributed by atoms with Crippen LogP contribution in [0.25, 0.3) is 0 Å². The molecule has 106 valence electrons. The van der Waals surface area contributed by atoms with Crippen LogP contribution in [-0.2, 0) is 7.05 Å². The first-order chi connectivity index (χ1) is 8.90. The van der Waals surface area contributed by atoms with Crippen LogP contribution in [-0.4, -0.2) is 44.9 Å². The predicted octanol–water partition coefficient (Wildman–Crippen LogP) is 1.39. The van der Waals surface area contributed by atoms with Gasteiger partial charge in [-0.25, -0.2) is 0 Å². The van der Waals surface area contributed by atoms with Crippen LogP contribution in [0.3, 0.4) is 0 Å². The summed E-state index contributed by atoms with van der Waals surface area (Å²) in [7, 11) is 1.86. The normalized spacial score (nSPS) is 24.0. The van der Waals surface area contributed by atoms with Gasteiger partial charge in [0.25, 0.3) is 5.91 Å². The van der Waals surface area contributed by atoms with Gasteiger partial charge in [-0.2, -0.15) is 5.10 Å². The minimum Gasteiger partial charge on any atom is -0.391 e. The van der Waals surface area contributed by atoms with Gasteiger partial charge in [-0.05, 0) is 24.3 Å². The zero-order chi connectivity index (χ0) is 14.2. The van der Waals surface area contributed by atoms with Crippen molar-refractivity contribution in [3.63, 3.8) is 0 Å². The molecule has 0 saturated carbocycles. The Morgan fingerprint density at radius 1 is 1.53 bits per heavy atom. The van der Waals surface area contributed by atoms with Gasteiger partial charge in [0.15, 0.2) is 5.69 Å². The fraction of sp³-hybridized carbons (Fsp3) is 0.714. The van der Waals surface area contributed by atoms with Crippen molar-refractivity contribution < 1.29 is 9.90 Å². The van der Waals surface area contributed by atoms with Gasteiger partial charge in [-0.3, -0.25) is 9.48 Å². The highest BCUT2D eigenvalue weighted by molar-refractivity contribution is 5.92. The van der Waals surface area contributed by atoms with Crippen molar-refractivity contribution in [1.82, 2.24) is 14.7 Å². The molecule has 5 heteroatoms. The highest BCUT2D eigenvalue weighted by atomic mass is 16.3. The number of hydrogen-bond donors (Lipinski definition) is 1. The van der Waals surface area contributed by atoms with Crippen LogP contribution in [0.15, 0.2) is 6.07 Å². The molecule has 1 fully saturated rings. The summed E-state index contributed by atoms with van der Waals surface area (Å²) in [5, 5.41) is 14.2. The van der Waals surface area contributed by atoms with Gasteiger partial charge in [0.05, 0.1) is 6.10 Å². The minimum absolute atomic E-state index is 0.0755. The van der Waals surface area contributed by atoms with Crippen LogP contribution in [0.5, 0.6) is 0 Å². The van der Waals surface area contributed by atoms with E-state index < -0.39 is 6.10 Å². The molecule has 1 aromatic rings. The smallest absolute Gasteiger partial charge is 0.274 e. The summed E-state index contributed by atoms with van der Waals surface area (Å²) in [6.07, 6.45) is 0.419. The van der Waals surface area contributed by atoms with Gasteiger partial charge in [-0.1, -0.05) is 20.8 Å². The van der Waals surface area contributed by atoms with Gasteiger partial charge in [0.2, 0.25) is 0 Å². The van der Waals surface area contributed by atoms with Crippen molar-refractivity contribution in [2.24, 2.45) is 13.0 Å². The van der Waals surface area contributed by atoms with Crippen LogP contribution < -0.4 is 0 Å². The molecule has 1 aliphatic rings. The number of β-amino-alcohol motifs (C(OH)–C–C–N with tert-alkyl or cyclic N) is 1. The minimum atomic E-state index is -0.425. The molecule has 2 unspecified atom stereocenters. The largest absolute Gasteiger partial charge is 0.391 e. The summed E-state index contributed by atoms with van der Waals surface area (Å²) in [4.78, 5) is 14.1. The summed E-state index contributed by atoms with van der Waals surface area (Å²) in [6.45, 7) is 7.29. The van der Waals surface area contributed by atoms with Crippen molar-refractivity contribution in [3.8, 4) is 0 Å². The highest BCUT2D eigenvalue weighted by Gasteiger charge is 2.29. The number of hydrogen-bond acceptors (Lipinski definition) is 3. The lowest BCUT2D eigenvalue weighted by molar-refractivity contribution is 0.0245. The Labute approximate surface area is 114 Å². The molecule has 1 aliphatic heterocycles. The van der Waals surface area contributed by atoms with Crippen LogP contribution in [0, 0.1) is 5.92 Å². The number of carbonyl (C=O) groups excluding carboxylic acids is 1. The van der Waals surface area contributed by atoms with Gasteiger partial charge in [0, 0.05) is 25.8 Å². The zero-order valence-corrected chi connectivity index (χ0v) is 12.1. The average molecular weight is 265 g/mol. The number of piperidine rings is 1. The Hall–Kier alpha value is -1.36. The lowest BCUT2D eigenvalue weighted by Gasteiger charge is -2.33. The third-order valence-electron chi connectivity index (χ3n) is 3.93. The molecule has 2 heterocycles. The standard InChI is InChI=1S/C14H23N3O2/c1-9(2)12-7-11(15-16(12)4)14(19)17-6-5-10(3)13(18)8-17/h7,9-10,13,18H,5-6,8H2,1-4H3. The van der Waals surface area contributed by atoms with Crippen molar-refractivity contribution in [2.45, 2.75) is 39.2 Å². The molecule has 2 rings (SSSR count). The van der Waals surface area contributed by atoms with Crippen molar-refractivity contribution in [1.29, 1.82) is 0 Å². The molecular weight excluding hydrogens is 242 g/mol. The molecule has 1 N–H and O–H groups in total. The number of rotatable bonds is 2. The molecule has 5 nitrogen and oxygen atoms in total. The number of aliphatic hydroxyl groups excluding tert-OH is 1. The molecule has 0 aromatic carbocycles. The van der Waals surface area contributed by atoms with E-state index in [0.29, 0.717) is 24.7 Å². The predicted molar refractivity (Wildman–Crippen MR) is 73.0 cm³/mol. The number of nitrogens with zero attached hydrogens (tertiary/aromatic N) is 3. The molecule has 1 saturated heterocycles. The van der Waals surface area contributed by atoms with E-state index in [1.165, 1.54) is 0 Å². The van der Waals surface area contributed by atoms with E-state index in [9.17, 15) is 9.90 Å². The van der Waals surface area contributed by atoms with E-state index in [0.717, 1.165) is 12.1 Å². The summed E-state index contributed by atoms with van der Waals surface area (Å²) >= 11 is 0. The summed E-state index contributed by atoms with van der Waals surface area (Å²) in [5.41, 5.74) is 1.53. The molecule has 1 amide bonds. The SMILES string of the molecule is CC(C)c1cc(C(=O)N2CCC(C)C(O)C2)nn1C.